The van der Waals surface area contributed by atoms with Crippen LogP contribution < -0.4 is 5.73 Å². The molecule has 5 nitrogen and oxygen atoms in total. The number of piperazine rings is 1. The van der Waals surface area contributed by atoms with Crippen molar-refractivity contribution < 1.29 is 4.79 Å². The Balaban J connectivity index is 2.11. The third-order valence-electron chi connectivity index (χ3n) is 4.06. The zero-order valence-electron chi connectivity index (χ0n) is 12.3. The lowest BCUT2D eigenvalue weighted by molar-refractivity contribution is -0.130. The van der Waals surface area contributed by atoms with Gasteiger partial charge >= 0.3 is 0 Å². The second-order valence-corrected chi connectivity index (χ2v) is 5.35. The number of hydrogen-bond donors (Lipinski definition) is 1. The summed E-state index contributed by atoms with van der Waals surface area (Å²) in [6.07, 6.45) is 4.61. The molecule has 1 fully saturated rings. The SMILES string of the molecule is CCC(N)C(c1cccnc1)N1CCN(C(C)=O)CC1. The maximum atomic E-state index is 11.4. The number of pyridine rings is 1. The highest BCUT2D eigenvalue weighted by molar-refractivity contribution is 5.73. The molecule has 20 heavy (non-hydrogen) atoms. The highest BCUT2D eigenvalue weighted by Crippen LogP contribution is 2.25. The molecule has 0 saturated carbocycles. The van der Waals surface area contributed by atoms with Gasteiger partial charge in [-0.25, -0.2) is 0 Å². The number of aromatic nitrogens is 1. The second kappa shape index (κ2) is 6.81. The van der Waals surface area contributed by atoms with E-state index in [4.69, 9.17) is 5.73 Å². The molecule has 1 aromatic rings. The predicted molar refractivity (Wildman–Crippen MR) is 79.1 cm³/mol. The number of rotatable bonds is 4. The molecule has 110 valence electrons. The average molecular weight is 276 g/mol. The maximum absolute atomic E-state index is 11.4. The summed E-state index contributed by atoms with van der Waals surface area (Å²) in [7, 11) is 0. The number of nitrogens with zero attached hydrogens (tertiary/aromatic N) is 3. The van der Waals surface area contributed by atoms with E-state index in [0.29, 0.717) is 0 Å². The molecule has 0 radical (unpaired) electrons. The van der Waals surface area contributed by atoms with Crippen LogP contribution in [-0.4, -0.2) is 52.9 Å². The van der Waals surface area contributed by atoms with E-state index >= 15 is 0 Å². The van der Waals surface area contributed by atoms with Crippen LogP contribution in [0.4, 0.5) is 0 Å². The van der Waals surface area contributed by atoms with E-state index in [9.17, 15) is 4.79 Å². The van der Waals surface area contributed by atoms with E-state index in [1.165, 1.54) is 0 Å². The van der Waals surface area contributed by atoms with Crippen molar-refractivity contribution in [2.45, 2.75) is 32.4 Å². The molecule has 2 N–H and O–H groups in total. The van der Waals surface area contributed by atoms with E-state index in [1.807, 2.05) is 17.2 Å². The van der Waals surface area contributed by atoms with Crippen molar-refractivity contribution in [3.63, 3.8) is 0 Å². The second-order valence-electron chi connectivity index (χ2n) is 5.35. The van der Waals surface area contributed by atoms with Crippen molar-refractivity contribution in [3.05, 3.63) is 30.1 Å². The summed E-state index contributed by atoms with van der Waals surface area (Å²) >= 11 is 0. The first-order chi connectivity index (χ1) is 9.63. The minimum atomic E-state index is 0.0862. The lowest BCUT2D eigenvalue weighted by Crippen LogP contribution is -2.52. The molecule has 1 amide bonds. The molecule has 2 atom stereocenters. The highest BCUT2D eigenvalue weighted by atomic mass is 16.2. The lowest BCUT2D eigenvalue weighted by Gasteiger charge is -2.41. The lowest BCUT2D eigenvalue weighted by atomic mass is 9.97. The van der Waals surface area contributed by atoms with Gasteiger partial charge in [0.1, 0.15) is 0 Å². The van der Waals surface area contributed by atoms with Crippen LogP contribution in [0, 0.1) is 0 Å². The van der Waals surface area contributed by atoms with Gasteiger partial charge in [0.25, 0.3) is 0 Å². The van der Waals surface area contributed by atoms with Gasteiger partial charge < -0.3 is 10.6 Å². The first-order valence-electron chi connectivity index (χ1n) is 7.28. The predicted octanol–water partition coefficient (Wildman–Crippen LogP) is 1.02. The molecule has 1 aliphatic heterocycles. The maximum Gasteiger partial charge on any atom is 0.219 e. The Labute approximate surface area is 120 Å². The summed E-state index contributed by atoms with van der Waals surface area (Å²) < 4.78 is 0. The minimum absolute atomic E-state index is 0.0862. The third-order valence-corrected chi connectivity index (χ3v) is 4.06. The summed E-state index contributed by atoms with van der Waals surface area (Å²) in [6.45, 7) is 7.04. The standard InChI is InChI=1S/C15H24N4O/c1-3-14(16)15(13-5-4-6-17-11-13)19-9-7-18(8-10-19)12(2)20/h4-6,11,14-15H,3,7-10,16H2,1-2H3. The quantitative estimate of drug-likeness (QED) is 0.892. The van der Waals surface area contributed by atoms with Crippen LogP contribution >= 0.6 is 0 Å². The Morgan fingerprint density at radius 2 is 2.10 bits per heavy atom. The van der Waals surface area contributed by atoms with Crippen LogP contribution in [0.3, 0.4) is 0 Å². The molecule has 0 spiro atoms. The largest absolute Gasteiger partial charge is 0.340 e. The van der Waals surface area contributed by atoms with E-state index < -0.39 is 0 Å². The van der Waals surface area contributed by atoms with E-state index in [2.05, 4.69) is 22.9 Å². The highest BCUT2D eigenvalue weighted by Gasteiger charge is 2.29. The van der Waals surface area contributed by atoms with Crippen LogP contribution in [0.25, 0.3) is 0 Å². The van der Waals surface area contributed by atoms with Crippen molar-refractivity contribution >= 4 is 5.91 Å². The van der Waals surface area contributed by atoms with Gasteiger partial charge in [-0.3, -0.25) is 14.7 Å². The fraction of sp³-hybridized carbons (Fsp3) is 0.600. The monoisotopic (exact) mass is 276 g/mol. The molecular formula is C15H24N4O. The van der Waals surface area contributed by atoms with Crippen LogP contribution in [0.2, 0.25) is 0 Å². The molecule has 0 aliphatic carbocycles. The van der Waals surface area contributed by atoms with Gasteiger partial charge in [-0.2, -0.15) is 0 Å². The normalized spacial score (nSPS) is 19.6. The van der Waals surface area contributed by atoms with Crippen LogP contribution in [0.1, 0.15) is 31.9 Å². The molecule has 1 aromatic heterocycles. The summed E-state index contributed by atoms with van der Waals surface area (Å²) in [4.78, 5) is 19.9. The first-order valence-corrected chi connectivity index (χ1v) is 7.28. The fourth-order valence-electron chi connectivity index (χ4n) is 2.82. The molecule has 2 heterocycles. The van der Waals surface area contributed by atoms with Crippen LogP contribution in [-0.2, 0) is 4.79 Å². The molecule has 2 rings (SSSR count). The van der Waals surface area contributed by atoms with Crippen molar-refractivity contribution in [3.8, 4) is 0 Å². The van der Waals surface area contributed by atoms with Crippen LogP contribution in [0.15, 0.2) is 24.5 Å². The van der Waals surface area contributed by atoms with Gasteiger partial charge in [-0.1, -0.05) is 13.0 Å². The summed E-state index contributed by atoms with van der Waals surface area (Å²) in [5.74, 6) is 0.155. The molecule has 5 heteroatoms. The zero-order chi connectivity index (χ0) is 14.5. The van der Waals surface area contributed by atoms with E-state index in [-0.39, 0.29) is 18.0 Å². The van der Waals surface area contributed by atoms with Crippen molar-refractivity contribution in [2.75, 3.05) is 26.2 Å². The van der Waals surface area contributed by atoms with Gasteiger partial charge in [0.2, 0.25) is 5.91 Å². The fourth-order valence-corrected chi connectivity index (χ4v) is 2.82. The van der Waals surface area contributed by atoms with Gasteiger partial charge in [0.15, 0.2) is 0 Å². The Kier molecular flexibility index (Phi) is 5.09. The van der Waals surface area contributed by atoms with Crippen LogP contribution in [0.5, 0.6) is 0 Å². The zero-order valence-corrected chi connectivity index (χ0v) is 12.3. The molecular weight excluding hydrogens is 252 g/mol. The average Bonchev–Trinajstić information content (AvgIpc) is 2.49. The Morgan fingerprint density at radius 3 is 2.60 bits per heavy atom. The molecule has 0 aromatic carbocycles. The van der Waals surface area contributed by atoms with E-state index in [0.717, 1.165) is 38.2 Å². The topological polar surface area (TPSA) is 62.5 Å². The van der Waals surface area contributed by atoms with Gasteiger partial charge in [0.05, 0.1) is 6.04 Å². The Hall–Kier alpha value is -1.46. The molecule has 1 aliphatic rings. The van der Waals surface area contributed by atoms with Crippen molar-refractivity contribution in [2.24, 2.45) is 5.73 Å². The Bertz CT molecular complexity index is 429. The number of carbonyl (C=O) groups is 1. The Morgan fingerprint density at radius 1 is 1.40 bits per heavy atom. The number of hydrogen-bond acceptors (Lipinski definition) is 4. The molecule has 0 bridgehead atoms. The van der Waals surface area contributed by atoms with E-state index in [1.54, 1.807) is 13.1 Å². The summed E-state index contributed by atoms with van der Waals surface area (Å²) in [5, 5.41) is 0. The van der Waals surface area contributed by atoms with Gasteiger partial charge in [-0.05, 0) is 18.1 Å². The molecule has 2 unspecified atom stereocenters. The summed E-state index contributed by atoms with van der Waals surface area (Å²) in [6, 6.07) is 4.31. The molecule has 1 saturated heterocycles. The smallest absolute Gasteiger partial charge is 0.219 e. The number of amides is 1. The minimum Gasteiger partial charge on any atom is -0.340 e. The first kappa shape index (κ1) is 14.9. The van der Waals surface area contributed by atoms with Crippen molar-refractivity contribution in [1.82, 2.24) is 14.8 Å². The number of nitrogens with two attached hydrogens (primary N) is 1. The van der Waals surface area contributed by atoms with Gasteiger partial charge in [0, 0.05) is 51.5 Å². The van der Waals surface area contributed by atoms with Gasteiger partial charge in [-0.15, -0.1) is 0 Å². The third kappa shape index (κ3) is 3.35. The summed E-state index contributed by atoms with van der Waals surface area (Å²) in [5.41, 5.74) is 7.49. The van der Waals surface area contributed by atoms with Crippen molar-refractivity contribution in [1.29, 1.82) is 0 Å². The number of carbonyl (C=O) groups excluding carboxylic acids is 1.